The lowest BCUT2D eigenvalue weighted by atomic mass is 10.1. The number of hydrogen-bond donors (Lipinski definition) is 1. The van der Waals surface area contributed by atoms with Gasteiger partial charge in [-0.25, -0.2) is 23.8 Å². The second kappa shape index (κ2) is 11.7. The third-order valence-electron chi connectivity index (χ3n) is 6.04. The molecule has 3 aromatic heterocycles. The van der Waals surface area contributed by atoms with E-state index in [1.807, 2.05) is 0 Å². The van der Waals surface area contributed by atoms with Crippen molar-refractivity contribution in [2.75, 3.05) is 0 Å². The Morgan fingerprint density at radius 1 is 0.886 bits per heavy atom. The van der Waals surface area contributed by atoms with Crippen LogP contribution in [0, 0.1) is 5.82 Å². The molecule has 15 heteroatoms. The van der Waals surface area contributed by atoms with Gasteiger partial charge < -0.3 is 14.6 Å². The van der Waals surface area contributed by atoms with E-state index in [0.717, 1.165) is 24.3 Å². The van der Waals surface area contributed by atoms with Crippen LogP contribution in [0.1, 0.15) is 27.2 Å². The zero-order valence-electron chi connectivity index (χ0n) is 21.9. The summed E-state index contributed by atoms with van der Waals surface area (Å²) in [7, 11) is 0. The van der Waals surface area contributed by atoms with Crippen molar-refractivity contribution in [3.63, 3.8) is 0 Å². The third-order valence-corrected chi connectivity index (χ3v) is 6.04. The van der Waals surface area contributed by atoms with E-state index in [1.54, 1.807) is 12.1 Å². The number of hydrogen-bond acceptors (Lipinski definition) is 6. The topological polar surface area (TPSA) is 99.4 Å². The lowest BCUT2D eigenvalue weighted by molar-refractivity contribution is -0.143. The summed E-state index contributed by atoms with van der Waals surface area (Å²) in [4.78, 5) is 19.1. The summed E-state index contributed by atoms with van der Waals surface area (Å²) in [6.45, 7) is -0.0452. The van der Waals surface area contributed by atoms with Gasteiger partial charge in [-0.1, -0.05) is 18.2 Å². The maximum absolute atomic E-state index is 14.2. The Balaban J connectivity index is 1.35. The number of rotatable bonds is 8. The van der Waals surface area contributed by atoms with E-state index in [9.17, 15) is 40.6 Å². The smallest absolute Gasteiger partial charge is 0.434 e. The number of aromatic nitrogens is 4. The first-order valence-electron chi connectivity index (χ1n) is 12.4. The Morgan fingerprint density at radius 2 is 1.64 bits per heavy atom. The fraction of sp³-hybridized carbons (Fsp3) is 0.103. The standard InChI is InChI=1S/C29H17F7N4O4/c30-18-7-10-23(43-15-16-4-8-19(9-5-16)44-25-11-6-17(13-37-25)28(31,32)33)20(12-18)22-2-1-3-24(39-22)40-26(29(34,35)36)21(14-38-40)27(41)42/h1-14H,15H2,(H,41,42). The van der Waals surface area contributed by atoms with Crippen molar-refractivity contribution in [2.24, 2.45) is 0 Å². The molecule has 0 aliphatic heterocycles. The maximum atomic E-state index is 14.2. The molecule has 5 rings (SSSR count). The summed E-state index contributed by atoms with van der Waals surface area (Å²) in [6, 6.07) is 15.6. The lowest BCUT2D eigenvalue weighted by Gasteiger charge is -2.14. The molecule has 0 bridgehead atoms. The zero-order valence-corrected chi connectivity index (χ0v) is 21.9. The van der Waals surface area contributed by atoms with E-state index >= 15 is 0 Å². The number of nitrogens with zero attached hydrogens (tertiary/aromatic N) is 4. The number of alkyl halides is 6. The molecule has 1 N–H and O–H groups in total. The summed E-state index contributed by atoms with van der Waals surface area (Å²) in [5, 5.41) is 12.7. The average molecular weight is 618 g/mol. The van der Waals surface area contributed by atoms with Gasteiger partial charge in [-0.2, -0.15) is 31.4 Å². The van der Waals surface area contributed by atoms with Crippen molar-refractivity contribution in [2.45, 2.75) is 19.0 Å². The minimum atomic E-state index is -5.07. The summed E-state index contributed by atoms with van der Waals surface area (Å²) >= 11 is 0. The van der Waals surface area contributed by atoms with Crippen LogP contribution in [0.15, 0.2) is 85.2 Å². The van der Waals surface area contributed by atoms with Gasteiger partial charge >= 0.3 is 18.3 Å². The molecule has 0 saturated heterocycles. The molecule has 2 aromatic carbocycles. The molecule has 0 aliphatic rings. The molecule has 0 radical (unpaired) electrons. The molecule has 3 heterocycles. The molecule has 0 fully saturated rings. The molecule has 5 aromatic rings. The van der Waals surface area contributed by atoms with Crippen LogP contribution in [0.4, 0.5) is 30.7 Å². The largest absolute Gasteiger partial charge is 0.488 e. The van der Waals surface area contributed by atoms with Crippen molar-refractivity contribution >= 4 is 5.97 Å². The average Bonchev–Trinajstić information content (AvgIpc) is 3.44. The van der Waals surface area contributed by atoms with Crippen LogP contribution in [0.5, 0.6) is 17.4 Å². The molecule has 44 heavy (non-hydrogen) atoms. The Kier molecular flexibility index (Phi) is 7.95. The molecular weight excluding hydrogens is 601 g/mol. The fourth-order valence-corrected chi connectivity index (χ4v) is 4.01. The molecular formula is C29H17F7N4O4. The van der Waals surface area contributed by atoms with Crippen molar-refractivity contribution in [1.82, 2.24) is 19.7 Å². The molecule has 226 valence electrons. The van der Waals surface area contributed by atoms with Gasteiger partial charge in [0, 0.05) is 17.8 Å². The molecule has 8 nitrogen and oxygen atoms in total. The van der Waals surface area contributed by atoms with Crippen LogP contribution >= 0.6 is 0 Å². The van der Waals surface area contributed by atoms with Crippen molar-refractivity contribution in [3.8, 4) is 34.5 Å². The summed E-state index contributed by atoms with van der Waals surface area (Å²) in [6.07, 6.45) is -8.38. The molecule has 0 amide bonds. The Bertz CT molecular complexity index is 1800. The summed E-state index contributed by atoms with van der Waals surface area (Å²) in [5.74, 6) is -2.50. The number of carbonyl (C=O) groups is 1. The molecule has 0 unspecified atom stereocenters. The highest BCUT2D eigenvalue weighted by Gasteiger charge is 2.41. The summed E-state index contributed by atoms with van der Waals surface area (Å²) < 4.78 is 105. The minimum Gasteiger partial charge on any atom is -0.488 e. The first kappa shape index (κ1) is 30.0. The van der Waals surface area contributed by atoms with Gasteiger partial charge in [-0.3, -0.25) is 0 Å². The van der Waals surface area contributed by atoms with Gasteiger partial charge in [0.25, 0.3) is 0 Å². The van der Waals surface area contributed by atoms with Gasteiger partial charge in [-0.05, 0) is 54.1 Å². The normalized spacial score (nSPS) is 11.8. The number of benzene rings is 2. The van der Waals surface area contributed by atoms with Crippen LogP contribution in [-0.4, -0.2) is 30.8 Å². The van der Waals surface area contributed by atoms with Gasteiger partial charge in [0.1, 0.15) is 29.5 Å². The number of ether oxygens (including phenoxy) is 2. The predicted octanol–water partition coefficient (Wildman–Crippen LogP) is 7.58. The maximum Gasteiger partial charge on any atom is 0.434 e. The molecule has 0 aliphatic carbocycles. The highest BCUT2D eigenvalue weighted by molar-refractivity contribution is 5.89. The van der Waals surface area contributed by atoms with Crippen LogP contribution in [-0.2, 0) is 19.0 Å². The molecule has 0 spiro atoms. The SMILES string of the molecule is O=C(O)c1cnn(-c2cccc(-c3cc(F)ccc3OCc3ccc(Oc4ccc(C(F)(F)F)cn4)cc3)n2)c1C(F)(F)F. The quantitative estimate of drug-likeness (QED) is 0.179. The Morgan fingerprint density at radius 3 is 2.27 bits per heavy atom. The van der Waals surface area contributed by atoms with Crippen LogP contribution < -0.4 is 9.47 Å². The van der Waals surface area contributed by atoms with E-state index in [4.69, 9.17) is 9.47 Å². The number of carboxylic acids is 1. The van der Waals surface area contributed by atoms with Crippen LogP contribution in [0.2, 0.25) is 0 Å². The third kappa shape index (κ3) is 6.61. The van der Waals surface area contributed by atoms with E-state index in [-0.39, 0.29) is 41.1 Å². The second-order valence-corrected chi connectivity index (χ2v) is 9.06. The van der Waals surface area contributed by atoms with Gasteiger partial charge in [-0.15, -0.1) is 0 Å². The van der Waals surface area contributed by atoms with Crippen LogP contribution in [0.25, 0.3) is 17.1 Å². The van der Waals surface area contributed by atoms with Gasteiger partial charge in [0.05, 0.1) is 17.5 Å². The van der Waals surface area contributed by atoms with Crippen molar-refractivity contribution in [1.29, 1.82) is 0 Å². The minimum absolute atomic E-state index is 0.0188. The number of aromatic carboxylic acids is 1. The summed E-state index contributed by atoms with van der Waals surface area (Å²) in [5.41, 5.74) is -2.79. The lowest BCUT2D eigenvalue weighted by Crippen LogP contribution is -2.18. The van der Waals surface area contributed by atoms with E-state index in [1.165, 1.54) is 36.4 Å². The van der Waals surface area contributed by atoms with Crippen molar-refractivity contribution < 1.29 is 50.1 Å². The predicted molar refractivity (Wildman–Crippen MR) is 139 cm³/mol. The molecule has 0 saturated carbocycles. The number of carboxylic acid groups (broad SMARTS) is 1. The number of pyridine rings is 2. The first-order chi connectivity index (χ1) is 20.8. The van der Waals surface area contributed by atoms with E-state index in [0.29, 0.717) is 22.6 Å². The van der Waals surface area contributed by atoms with Gasteiger partial charge in [0.15, 0.2) is 11.5 Å². The first-order valence-corrected chi connectivity index (χ1v) is 12.4. The monoisotopic (exact) mass is 618 g/mol. The van der Waals surface area contributed by atoms with E-state index in [2.05, 4.69) is 15.1 Å². The Hall–Kier alpha value is -5.47. The Labute approximate surface area is 243 Å². The molecule has 0 atom stereocenters. The zero-order chi connectivity index (χ0) is 31.6. The number of halogens is 7. The van der Waals surface area contributed by atoms with E-state index < -0.39 is 41.0 Å². The van der Waals surface area contributed by atoms with Crippen molar-refractivity contribution in [3.05, 3.63) is 113 Å². The highest BCUT2D eigenvalue weighted by atomic mass is 19.4. The van der Waals surface area contributed by atoms with Crippen LogP contribution in [0.3, 0.4) is 0 Å². The highest BCUT2D eigenvalue weighted by Crippen LogP contribution is 2.35. The fourth-order valence-electron chi connectivity index (χ4n) is 4.01. The second-order valence-electron chi connectivity index (χ2n) is 9.06. The van der Waals surface area contributed by atoms with Gasteiger partial charge in [0.2, 0.25) is 5.88 Å².